The van der Waals surface area contributed by atoms with Gasteiger partial charge in [0, 0.05) is 31.7 Å². The molecule has 4 rings (SSSR count). The molecule has 1 aromatic carbocycles. The number of rotatable bonds is 6. The lowest BCUT2D eigenvalue weighted by Crippen LogP contribution is -2.30. The third kappa shape index (κ3) is 5.95. The highest BCUT2D eigenvalue weighted by molar-refractivity contribution is 5.90. The van der Waals surface area contributed by atoms with Crippen molar-refractivity contribution in [1.82, 2.24) is 15.3 Å². The molecule has 156 valence electrons. The fourth-order valence-corrected chi connectivity index (χ4v) is 3.13. The number of carboxylic acids is 1. The Kier molecular flexibility index (Phi) is 6.71. The number of carboxylic acid groups (broad SMARTS) is 1. The van der Waals surface area contributed by atoms with Gasteiger partial charge in [0.25, 0.3) is 0 Å². The van der Waals surface area contributed by atoms with Gasteiger partial charge in [0.05, 0.1) is 0 Å². The number of nitrogens with two attached hydrogens (primary N) is 1. The first kappa shape index (κ1) is 20.7. The van der Waals surface area contributed by atoms with Gasteiger partial charge in [-0.25, -0.2) is 4.79 Å². The molecule has 1 atom stereocenters. The molecule has 2 aromatic rings. The first-order valence-corrected chi connectivity index (χ1v) is 9.78. The zero-order chi connectivity index (χ0) is 20.8. The number of hydrogen-bond donors (Lipinski definition) is 5. The van der Waals surface area contributed by atoms with Crippen LogP contribution in [-0.2, 0) is 0 Å². The first-order valence-electron chi connectivity index (χ1n) is 9.78. The molecule has 0 amide bonds. The Morgan fingerprint density at radius 1 is 1.28 bits per heavy atom. The second-order valence-electron chi connectivity index (χ2n) is 7.34. The molecule has 2 aliphatic rings. The molecule has 29 heavy (non-hydrogen) atoms. The van der Waals surface area contributed by atoms with Crippen molar-refractivity contribution in [3.63, 3.8) is 0 Å². The molecule has 1 aliphatic heterocycles. The van der Waals surface area contributed by atoms with Crippen LogP contribution in [0.1, 0.15) is 29.6 Å². The van der Waals surface area contributed by atoms with Gasteiger partial charge in [-0.3, -0.25) is 0 Å². The highest BCUT2D eigenvalue weighted by Crippen LogP contribution is 2.29. The van der Waals surface area contributed by atoms with Gasteiger partial charge in [-0.05, 0) is 44.4 Å². The summed E-state index contributed by atoms with van der Waals surface area (Å²) in [6.45, 7) is 2.99. The summed E-state index contributed by atoms with van der Waals surface area (Å²) in [4.78, 5) is 21.1. The van der Waals surface area contributed by atoms with Crippen molar-refractivity contribution in [3.05, 3.63) is 35.9 Å². The minimum atomic E-state index is -1.11. The van der Waals surface area contributed by atoms with E-state index in [-0.39, 0.29) is 11.3 Å². The number of nitrogens with one attached hydrogen (secondary N) is 2. The van der Waals surface area contributed by atoms with E-state index in [1.54, 1.807) is 12.1 Å². The number of carbonyl (C=O) groups is 1. The number of anilines is 3. The molecule has 1 saturated heterocycles. The molecule has 0 radical (unpaired) electrons. The van der Waals surface area contributed by atoms with Crippen LogP contribution in [0.3, 0.4) is 0 Å². The van der Waals surface area contributed by atoms with Crippen molar-refractivity contribution in [1.29, 1.82) is 0 Å². The summed E-state index contributed by atoms with van der Waals surface area (Å²) >= 11 is 0. The van der Waals surface area contributed by atoms with Crippen molar-refractivity contribution in [2.24, 2.45) is 5.92 Å². The quantitative estimate of drug-likeness (QED) is 0.491. The van der Waals surface area contributed by atoms with Crippen LogP contribution in [-0.4, -0.2) is 58.9 Å². The SMILES string of the molecule is CN[C@@H]1CCN(c2cc(NCC3CC3)nc(N)n2)C1.O=C(O)c1ccccc1O. The molecule has 0 bridgehead atoms. The number of aromatic hydroxyl groups is 1. The molecule has 9 heteroatoms. The van der Waals surface area contributed by atoms with Crippen LogP contribution < -0.4 is 21.3 Å². The molecular formula is C20H28N6O3. The van der Waals surface area contributed by atoms with Crippen LogP contribution in [0.25, 0.3) is 0 Å². The molecule has 0 unspecified atom stereocenters. The molecule has 1 aromatic heterocycles. The standard InChI is InChI=1S/C13H22N6.C7H6O3/c1-15-10-4-5-19(8-10)12-6-11(17-13(14)18-12)16-7-9-2-3-9;8-6-4-2-1-3-5(6)7(9)10/h6,9-10,15H,2-5,7-8H2,1H3,(H3,14,16,17,18);1-4,8H,(H,9,10)/t10-;/m1./s1. The summed E-state index contributed by atoms with van der Waals surface area (Å²) in [5, 5.41) is 24.0. The molecule has 9 nitrogen and oxygen atoms in total. The van der Waals surface area contributed by atoms with Gasteiger partial charge in [-0.1, -0.05) is 12.1 Å². The zero-order valence-electron chi connectivity index (χ0n) is 16.5. The number of nitrogen functional groups attached to an aromatic ring is 1. The maximum atomic E-state index is 10.3. The molecule has 1 saturated carbocycles. The number of aromatic carboxylic acids is 1. The first-order chi connectivity index (χ1) is 14.0. The summed E-state index contributed by atoms with van der Waals surface area (Å²) in [5.41, 5.74) is 5.74. The number of phenols is 1. The normalized spacial score (nSPS) is 18.1. The third-order valence-corrected chi connectivity index (χ3v) is 5.05. The van der Waals surface area contributed by atoms with E-state index in [2.05, 4.69) is 25.5 Å². The minimum Gasteiger partial charge on any atom is -0.507 e. The predicted octanol–water partition coefficient (Wildman–Crippen LogP) is 1.77. The Hall–Kier alpha value is -3.07. The van der Waals surface area contributed by atoms with Crippen molar-refractivity contribution in [2.45, 2.75) is 25.3 Å². The van der Waals surface area contributed by atoms with Gasteiger partial charge in [0.1, 0.15) is 22.9 Å². The highest BCUT2D eigenvalue weighted by Gasteiger charge is 2.24. The Bertz CT molecular complexity index is 843. The zero-order valence-corrected chi connectivity index (χ0v) is 16.5. The maximum Gasteiger partial charge on any atom is 0.339 e. The van der Waals surface area contributed by atoms with Gasteiger partial charge >= 0.3 is 5.97 Å². The average molecular weight is 400 g/mol. The van der Waals surface area contributed by atoms with Crippen LogP contribution in [0.2, 0.25) is 0 Å². The van der Waals surface area contributed by atoms with E-state index in [1.165, 1.54) is 25.0 Å². The fraction of sp³-hybridized carbons (Fsp3) is 0.450. The van der Waals surface area contributed by atoms with Crippen molar-refractivity contribution < 1.29 is 15.0 Å². The van der Waals surface area contributed by atoms with Crippen molar-refractivity contribution in [3.8, 4) is 5.75 Å². The van der Waals surface area contributed by atoms with Crippen LogP contribution in [0.15, 0.2) is 30.3 Å². The lowest BCUT2D eigenvalue weighted by atomic mass is 10.2. The second-order valence-corrected chi connectivity index (χ2v) is 7.34. The summed E-state index contributed by atoms with van der Waals surface area (Å²) in [7, 11) is 2.01. The number of benzene rings is 1. The van der Waals surface area contributed by atoms with Crippen molar-refractivity contribution >= 4 is 23.6 Å². The molecule has 0 spiro atoms. The highest BCUT2D eigenvalue weighted by atomic mass is 16.4. The van der Waals surface area contributed by atoms with Gasteiger partial charge in [0.2, 0.25) is 5.95 Å². The van der Waals surface area contributed by atoms with Gasteiger partial charge < -0.3 is 31.5 Å². The van der Waals surface area contributed by atoms with E-state index in [4.69, 9.17) is 15.9 Å². The molecule has 2 fully saturated rings. The number of para-hydroxylation sites is 1. The number of hydrogen-bond acceptors (Lipinski definition) is 8. The lowest BCUT2D eigenvalue weighted by Gasteiger charge is -2.18. The largest absolute Gasteiger partial charge is 0.507 e. The summed E-state index contributed by atoms with van der Waals surface area (Å²) in [6.07, 6.45) is 3.80. The minimum absolute atomic E-state index is 0.0671. The number of nitrogens with zero attached hydrogens (tertiary/aromatic N) is 3. The Balaban J connectivity index is 0.000000204. The molecule has 2 heterocycles. The predicted molar refractivity (Wildman–Crippen MR) is 112 cm³/mol. The molecular weight excluding hydrogens is 372 g/mol. The van der Waals surface area contributed by atoms with Crippen LogP contribution in [0.5, 0.6) is 5.75 Å². The van der Waals surface area contributed by atoms with Gasteiger partial charge in [-0.2, -0.15) is 9.97 Å². The van der Waals surface area contributed by atoms with Crippen LogP contribution in [0, 0.1) is 5.92 Å². The summed E-state index contributed by atoms with van der Waals surface area (Å²) < 4.78 is 0. The number of likely N-dealkylation sites (N-methyl/N-ethyl adjacent to an activating group) is 1. The molecule has 1 aliphatic carbocycles. The average Bonchev–Trinajstić information content (AvgIpc) is 3.41. The summed E-state index contributed by atoms with van der Waals surface area (Å²) in [5.74, 6) is 1.64. The Labute approximate surface area is 170 Å². The lowest BCUT2D eigenvalue weighted by molar-refractivity contribution is 0.0693. The van der Waals surface area contributed by atoms with Crippen LogP contribution in [0.4, 0.5) is 17.6 Å². The van der Waals surface area contributed by atoms with Crippen molar-refractivity contribution in [2.75, 3.05) is 42.6 Å². The maximum absolute atomic E-state index is 10.3. The van der Waals surface area contributed by atoms with E-state index in [0.29, 0.717) is 12.0 Å². The van der Waals surface area contributed by atoms with E-state index in [0.717, 1.165) is 43.6 Å². The smallest absolute Gasteiger partial charge is 0.339 e. The van der Waals surface area contributed by atoms with E-state index in [9.17, 15) is 4.79 Å². The van der Waals surface area contributed by atoms with E-state index < -0.39 is 5.97 Å². The Morgan fingerprint density at radius 3 is 2.62 bits per heavy atom. The molecule has 6 N–H and O–H groups in total. The van der Waals surface area contributed by atoms with Gasteiger partial charge in [-0.15, -0.1) is 0 Å². The topological polar surface area (TPSA) is 137 Å². The van der Waals surface area contributed by atoms with Crippen LogP contribution >= 0.6 is 0 Å². The number of aromatic nitrogens is 2. The summed E-state index contributed by atoms with van der Waals surface area (Å²) in [6, 6.07) is 8.36. The third-order valence-electron chi connectivity index (χ3n) is 5.05. The fourth-order valence-electron chi connectivity index (χ4n) is 3.13. The monoisotopic (exact) mass is 400 g/mol. The van der Waals surface area contributed by atoms with E-state index >= 15 is 0 Å². The van der Waals surface area contributed by atoms with E-state index in [1.807, 2.05) is 13.1 Å². The second kappa shape index (κ2) is 9.42. The Morgan fingerprint density at radius 2 is 2.03 bits per heavy atom. The van der Waals surface area contributed by atoms with Gasteiger partial charge in [0.15, 0.2) is 0 Å².